The standard InChI is InChI=1S/C7H17NS/c1-6(2)5-7(8)3-4-9/h6-7,9H,3-5,8H2,1-2H3. The minimum atomic E-state index is 0.363. The average molecular weight is 147 g/mol. The first-order chi connectivity index (χ1) is 4.16. The van der Waals surface area contributed by atoms with Crippen molar-refractivity contribution in [1.29, 1.82) is 0 Å². The van der Waals surface area contributed by atoms with Crippen molar-refractivity contribution < 1.29 is 0 Å². The quantitative estimate of drug-likeness (QED) is 0.581. The van der Waals surface area contributed by atoms with Crippen molar-refractivity contribution in [2.45, 2.75) is 32.7 Å². The first-order valence-electron chi connectivity index (χ1n) is 3.53. The molecule has 0 saturated carbocycles. The Labute approximate surface area is 63.4 Å². The van der Waals surface area contributed by atoms with Crippen molar-refractivity contribution in [2.24, 2.45) is 11.7 Å². The van der Waals surface area contributed by atoms with Crippen LogP contribution in [0.4, 0.5) is 0 Å². The van der Waals surface area contributed by atoms with E-state index in [4.69, 9.17) is 5.73 Å². The van der Waals surface area contributed by atoms with Gasteiger partial charge >= 0.3 is 0 Å². The SMILES string of the molecule is CC(C)CC(N)CCS. The van der Waals surface area contributed by atoms with Gasteiger partial charge in [-0.2, -0.15) is 12.6 Å². The van der Waals surface area contributed by atoms with Crippen molar-refractivity contribution in [3.63, 3.8) is 0 Å². The number of rotatable bonds is 4. The Morgan fingerprint density at radius 3 is 2.33 bits per heavy atom. The second-order valence-corrected chi connectivity index (χ2v) is 3.35. The van der Waals surface area contributed by atoms with Gasteiger partial charge in [0.05, 0.1) is 0 Å². The van der Waals surface area contributed by atoms with E-state index in [0.29, 0.717) is 6.04 Å². The molecule has 0 spiro atoms. The van der Waals surface area contributed by atoms with E-state index >= 15 is 0 Å². The highest BCUT2D eigenvalue weighted by molar-refractivity contribution is 7.80. The fraction of sp³-hybridized carbons (Fsp3) is 1.00. The van der Waals surface area contributed by atoms with Gasteiger partial charge in [0.2, 0.25) is 0 Å². The zero-order valence-electron chi connectivity index (χ0n) is 6.30. The summed E-state index contributed by atoms with van der Waals surface area (Å²) in [5.41, 5.74) is 5.74. The summed E-state index contributed by atoms with van der Waals surface area (Å²) in [7, 11) is 0. The molecule has 0 aromatic heterocycles. The normalized spacial score (nSPS) is 14.3. The van der Waals surface area contributed by atoms with Crippen LogP contribution in [0.3, 0.4) is 0 Å². The van der Waals surface area contributed by atoms with E-state index in [2.05, 4.69) is 26.5 Å². The summed E-state index contributed by atoms with van der Waals surface area (Å²) < 4.78 is 0. The van der Waals surface area contributed by atoms with Crippen LogP contribution in [0, 0.1) is 5.92 Å². The fourth-order valence-electron chi connectivity index (χ4n) is 0.889. The van der Waals surface area contributed by atoms with Crippen molar-refractivity contribution in [1.82, 2.24) is 0 Å². The molecule has 0 amide bonds. The van der Waals surface area contributed by atoms with Crippen molar-refractivity contribution in [3.8, 4) is 0 Å². The van der Waals surface area contributed by atoms with Crippen LogP contribution in [-0.4, -0.2) is 11.8 Å². The van der Waals surface area contributed by atoms with E-state index in [9.17, 15) is 0 Å². The molecule has 0 fully saturated rings. The molecule has 1 atom stereocenters. The van der Waals surface area contributed by atoms with Gasteiger partial charge in [0, 0.05) is 6.04 Å². The molecule has 0 aromatic carbocycles. The summed E-state index contributed by atoms with van der Waals surface area (Å²) in [4.78, 5) is 0. The van der Waals surface area contributed by atoms with Crippen LogP contribution in [0.1, 0.15) is 26.7 Å². The Balaban J connectivity index is 3.15. The van der Waals surface area contributed by atoms with Crippen LogP contribution in [0.2, 0.25) is 0 Å². The first kappa shape index (κ1) is 9.31. The maximum absolute atomic E-state index is 5.74. The van der Waals surface area contributed by atoms with Gasteiger partial charge < -0.3 is 5.73 Å². The zero-order valence-corrected chi connectivity index (χ0v) is 7.20. The summed E-state index contributed by atoms with van der Waals surface area (Å²) >= 11 is 4.10. The largest absolute Gasteiger partial charge is 0.328 e. The minimum absolute atomic E-state index is 0.363. The molecule has 56 valence electrons. The Kier molecular flexibility index (Phi) is 5.30. The second kappa shape index (κ2) is 5.12. The van der Waals surface area contributed by atoms with Crippen molar-refractivity contribution in [2.75, 3.05) is 5.75 Å². The molecule has 0 saturated heterocycles. The van der Waals surface area contributed by atoms with Gasteiger partial charge in [0.1, 0.15) is 0 Å². The summed E-state index contributed by atoms with van der Waals surface area (Å²) in [6.07, 6.45) is 2.17. The van der Waals surface area contributed by atoms with Crippen LogP contribution >= 0.6 is 12.6 Å². The molecular weight excluding hydrogens is 130 g/mol. The molecule has 2 N–H and O–H groups in total. The van der Waals surface area contributed by atoms with Crippen molar-refractivity contribution >= 4 is 12.6 Å². The van der Waals surface area contributed by atoms with Crippen molar-refractivity contribution in [3.05, 3.63) is 0 Å². The number of nitrogens with two attached hydrogens (primary N) is 1. The minimum Gasteiger partial charge on any atom is -0.328 e. The Hall–Kier alpha value is 0.310. The van der Waals surface area contributed by atoms with Gasteiger partial charge in [0.15, 0.2) is 0 Å². The zero-order chi connectivity index (χ0) is 7.28. The third kappa shape index (κ3) is 6.19. The van der Waals surface area contributed by atoms with Gasteiger partial charge in [-0.25, -0.2) is 0 Å². The summed E-state index contributed by atoms with van der Waals surface area (Å²) in [6, 6.07) is 0.363. The van der Waals surface area contributed by atoms with Crippen LogP contribution in [0.25, 0.3) is 0 Å². The molecular formula is C7H17NS. The number of thiol groups is 1. The Bertz CT molecular complexity index is 63.9. The molecule has 9 heavy (non-hydrogen) atoms. The van der Waals surface area contributed by atoms with Crippen LogP contribution in [0.5, 0.6) is 0 Å². The molecule has 1 nitrogen and oxygen atoms in total. The number of hydrogen-bond donors (Lipinski definition) is 2. The van der Waals surface area contributed by atoms with Gasteiger partial charge in [-0.05, 0) is 24.5 Å². The molecule has 2 heteroatoms. The lowest BCUT2D eigenvalue weighted by Gasteiger charge is -2.11. The van der Waals surface area contributed by atoms with Gasteiger partial charge in [0.25, 0.3) is 0 Å². The van der Waals surface area contributed by atoms with Gasteiger partial charge in [-0.3, -0.25) is 0 Å². The van der Waals surface area contributed by atoms with E-state index in [1.54, 1.807) is 0 Å². The van der Waals surface area contributed by atoms with E-state index in [1.807, 2.05) is 0 Å². The van der Waals surface area contributed by atoms with E-state index in [1.165, 1.54) is 0 Å². The van der Waals surface area contributed by atoms with Gasteiger partial charge in [-0.1, -0.05) is 13.8 Å². The predicted molar refractivity (Wildman–Crippen MR) is 45.9 cm³/mol. The van der Waals surface area contributed by atoms with Crippen LogP contribution in [0.15, 0.2) is 0 Å². The molecule has 0 aliphatic heterocycles. The van der Waals surface area contributed by atoms with Crippen LogP contribution in [-0.2, 0) is 0 Å². The van der Waals surface area contributed by atoms with E-state index in [-0.39, 0.29) is 0 Å². The predicted octanol–water partition coefficient (Wildman–Crippen LogP) is 1.68. The van der Waals surface area contributed by atoms with Gasteiger partial charge in [-0.15, -0.1) is 0 Å². The van der Waals surface area contributed by atoms with E-state index in [0.717, 1.165) is 24.5 Å². The summed E-state index contributed by atoms with van der Waals surface area (Å²) in [6.45, 7) is 4.39. The smallest absolute Gasteiger partial charge is 0.00490 e. The maximum atomic E-state index is 5.74. The molecule has 0 rings (SSSR count). The molecule has 1 unspecified atom stereocenters. The second-order valence-electron chi connectivity index (χ2n) is 2.90. The lowest BCUT2D eigenvalue weighted by molar-refractivity contribution is 0.488. The summed E-state index contributed by atoms with van der Waals surface area (Å²) in [5.74, 6) is 1.63. The Morgan fingerprint density at radius 1 is 1.44 bits per heavy atom. The average Bonchev–Trinajstić information content (AvgIpc) is 1.63. The third-order valence-electron chi connectivity index (χ3n) is 1.27. The highest BCUT2D eigenvalue weighted by atomic mass is 32.1. The maximum Gasteiger partial charge on any atom is 0.00490 e. The molecule has 0 radical (unpaired) electrons. The fourth-order valence-corrected chi connectivity index (χ4v) is 1.22. The third-order valence-corrected chi connectivity index (χ3v) is 1.53. The topological polar surface area (TPSA) is 26.0 Å². The Morgan fingerprint density at radius 2 is 2.00 bits per heavy atom. The summed E-state index contributed by atoms with van der Waals surface area (Å²) in [5, 5.41) is 0. The highest BCUT2D eigenvalue weighted by Gasteiger charge is 2.02. The van der Waals surface area contributed by atoms with E-state index < -0.39 is 0 Å². The molecule has 0 bridgehead atoms. The molecule has 0 aliphatic carbocycles. The number of hydrogen-bond acceptors (Lipinski definition) is 2. The first-order valence-corrected chi connectivity index (χ1v) is 4.16. The lowest BCUT2D eigenvalue weighted by atomic mass is 10.0. The lowest BCUT2D eigenvalue weighted by Crippen LogP contribution is -2.22. The molecule has 0 aromatic rings. The molecule has 0 aliphatic rings. The monoisotopic (exact) mass is 147 g/mol. The van der Waals surface area contributed by atoms with Crippen LogP contribution < -0.4 is 5.73 Å². The molecule has 0 heterocycles. The highest BCUT2D eigenvalue weighted by Crippen LogP contribution is 2.05.